The standard InChI is InChI=1S/C12H7N2/c1-2-4-11-9(3-1)5-6-10-7-13-8-14-12(10)11/h1-4,6-8H. The number of aromatic nitrogens is 2. The van der Waals surface area contributed by atoms with E-state index in [0.717, 1.165) is 21.7 Å². The Morgan fingerprint density at radius 3 is 3.07 bits per heavy atom. The third-order valence-electron chi connectivity index (χ3n) is 2.31. The fraction of sp³-hybridized carbons (Fsp3) is 0. The van der Waals surface area contributed by atoms with Gasteiger partial charge in [0, 0.05) is 17.0 Å². The van der Waals surface area contributed by atoms with Crippen LogP contribution in [0.3, 0.4) is 0 Å². The van der Waals surface area contributed by atoms with Crippen molar-refractivity contribution in [3.63, 3.8) is 0 Å². The van der Waals surface area contributed by atoms with E-state index in [1.807, 2.05) is 30.5 Å². The van der Waals surface area contributed by atoms with Crippen molar-refractivity contribution in [3.8, 4) is 0 Å². The van der Waals surface area contributed by atoms with Crippen molar-refractivity contribution in [3.05, 3.63) is 48.9 Å². The summed E-state index contributed by atoms with van der Waals surface area (Å²) in [5, 5.41) is 3.26. The molecule has 0 aliphatic heterocycles. The predicted octanol–water partition coefficient (Wildman–Crippen LogP) is 2.58. The van der Waals surface area contributed by atoms with Crippen LogP contribution in [0.5, 0.6) is 0 Å². The monoisotopic (exact) mass is 179 g/mol. The van der Waals surface area contributed by atoms with Gasteiger partial charge in [0.15, 0.2) is 0 Å². The van der Waals surface area contributed by atoms with E-state index in [-0.39, 0.29) is 0 Å². The Bertz CT molecular complexity index is 547. The zero-order valence-electron chi connectivity index (χ0n) is 7.44. The first-order valence-electron chi connectivity index (χ1n) is 4.44. The van der Waals surface area contributed by atoms with Crippen LogP contribution in [-0.2, 0) is 0 Å². The molecule has 14 heavy (non-hydrogen) atoms. The first kappa shape index (κ1) is 7.44. The topological polar surface area (TPSA) is 25.8 Å². The summed E-state index contributed by atoms with van der Waals surface area (Å²) in [7, 11) is 0. The molecule has 3 rings (SSSR count). The van der Waals surface area contributed by atoms with Crippen molar-refractivity contribution in [1.29, 1.82) is 0 Å². The van der Waals surface area contributed by atoms with Gasteiger partial charge in [0.25, 0.3) is 0 Å². The van der Waals surface area contributed by atoms with Gasteiger partial charge in [0.05, 0.1) is 5.52 Å². The van der Waals surface area contributed by atoms with Gasteiger partial charge in [0.1, 0.15) is 6.33 Å². The molecule has 0 atom stereocenters. The first-order valence-corrected chi connectivity index (χ1v) is 4.44. The van der Waals surface area contributed by atoms with Crippen molar-refractivity contribution >= 4 is 21.7 Å². The van der Waals surface area contributed by atoms with Gasteiger partial charge in [0.2, 0.25) is 0 Å². The molecule has 2 aromatic carbocycles. The molecule has 0 aliphatic carbocycles. The van der Waals surface area contributed by atoms with E-state index in [9.17, 15) is 0 Å². The zero-order chi connectivity index (χ0) is 9.38. The van der Waals surface area contributed by atoms with Crippen molar-refractivity contribution in [1.82, 2.24) is 9.97 Å². The second-order valence-corrected chi connectivity index (χ2v) is 3.16. The molecule has 0 spiro atoms. The molecule has 3 aromatic rings. The molecule has 2 heteroatoms. The molecule has 1 aromatic heterocycles. The third-order valence-corrected chi connectivity index (χ3v) is 2.31. The lowest BCUT2D eigenvalue weighted by Gasteiger charge is -2.00. The molecule has 0 aliphatic rings. The summed E-state index contributed by atoms with van der Waals surface area (Å²) in [5.41, 5.74) is 0.995. The number of benzene rings is 2. The van der Waals surface area contributed by atoms with Crippen LogP contribution in [0.1, 0.15) is 0 Å². The highest BCUT2D eigenvalue weighted by molar-refractivity contribution is 6.04. The summed E-state index contributed by atoms with van der Waals surface area (Å²) < 4.78 is 0. The van der Waals surface area contributed by atoms with E-state index in [4.69, 9.17) is 0 Å². The van der Waals surface area contributed by atoms with Gasteiger partial charge < -0.3 is 0 Å². The fourth-order valence-corrected chi connectivity index (χ4v) is 1.64. The number of hydrogen-bond acceptors (Lipinski definition) is 2. The van der Waals surface area contributed by atoms with Crippen LogP contribution < -0.4 is 0 Å². The maximum atomic E-state index is 4.28. The lowest BCUT2D eigenvalue weighted by atomic mass is 10.1. The van der Waals surface area contributed by atoms with Gasteiger partial charge in [-0.15, -0.1) is 0 Å². The lowest BCUT2D eigenvalue weighted by molar-refractivity contribution is 1.23. The van der Waals surface area contributed by atoms with Crippen LogP contribution in [0.4, 0.5) is 0 Å². The molecular weight excluding hydrogens is 172 g/mol. The predicted molar refractivity (Wildman–Crippen MR) is 55.9 cm³/mol. The third kappa shape index (κ3) is 0.973. The Hall–Kier alpha value is -1.96. The highest BCUT2D eigenvalue weighted by Gasteiger charge is 1.99. The number of hydrogen-bond donors (Lipinski definition) is 0. The van der Waals surface area contributed by atoms with Crippen molar-refractivity contribution in [2.75, 3.05) is 0 Å². The summed E-state index contributed by atoms with van der Waals surface area (Å²) in [6.07, 6.45) is 3.39. The summed E-state index contributed by atoms with van der Waals surface area (Å²) >= 11 is 0. The van der Waals surface area contributed by atoms with E-state index in [1.54, 1.807) is 6.33 Å². The van der Waals surface area contributed by atoms with Crippen molar-refractivity contribution in [2.24, 2.45) is 0 Å². The van der Waals surface area contributed by atoms with Crippen LogP contribution in [0, 0.1) is 6.07 Å². The zero-order valence-corrected chi connectivity index (χ0v) is 7.44. The lowest BCUT2D eigenvalue weighted by Crippen LogP contribution is -1.82. The Morgan fingerprint density at radius 2 is 2.07 bits per heavy atom. The Labute approximate surface area is 81.2 Å². The molecule has 0 amide bonds. The van der Waals surface area contributed by atoms with E-state index in [0.29, 0.717) is 0 Å². The molecule has 0 saturated heterocycles. The minimum absolute atomic E-state index is 0.995. The minimum Gasteiger partial charge on any atom is -0.244 e. The molecule has 1 heterocycles. The molecule has 65 valence electrons. The molecule has 0 saturated carbocycles. The van der Waals surface area contributed by atoms with E-state index >= 15 is 0 Å². The second kappa shape index (κ2) is 2.77. The normalized spacial score (nSPS) is 10.9. The molecule has 0 fully saturated rings. The highest BCUT2D eigenvalue weighted by Crippen LogP contribution is 2.21. The summed E-state index contributed by atoms with van der Waals surface area (Å²) in [6, 6.07) is 13.3. The minimum atomic E-state index is 0.995. The van der Waals surface area contributed by atoms with Crippen molar-refractivity contribution in [2.45, 2.75) is 0 Å². The van der Waals surface area contributed by atoms with E-state index < -0.39 is 0 Å². The maximum absolute atomic E-state index is 4.28. The SMILES string of the molecule is [c]1cc2cncnc2c2ccccc12. The molecule has 2 nitrogen and oxygen atoms in total. The average Bonchev–Trinajstić information content (AvgIpc) is 2.29. The van der Waals surface area contributed by atoms with E-state index in [1.165, 1.54) is 0 Å². The van der Waals surface area contributed by atoms with Gasteiger partial charge in [-0.2, -0.15) is 0 Å². The van der Waals surface area contributed by atoms with Gasteiger partial charge in [-0.1, -0.05) is 24.3 Å². The second-order valence-electron chi connectivity index (χ2n) is 3.16. The van der Waals surface area contributed by atoms with Crippen LogP contribution >= 0.6 is 0 Å². The smallest absolute Gasteiger partial charge is 0.116 e. The van der Waals surface area contributed by atoms with E-state index in [2.05, 4.69) is 22.1 Å². The Kier molecular flexibility index (Phi) is 1.47. The molecule has 0 bridgehead atoms. The van der Waals surface area contributed by atoms with Crippen LogP contribution in [0.15, 0.2) is 42.9 Å². The van der Waals surface area contributed by atoms with Gasteiger partial charge in [-0.05, 0) is 17.5 Å². The summed E-state index contributed by atoms with van der Waals surface area (Å²) in [4.78, 5) is 8.27. The number of fused-ring (bicyclic) bond motifs is 3. The van der Waals surface area contributed by atoms with Gasteiger partial charge >= 0.3 is 0 Å². The Morgan fingerprint density at radius 1 is 1.14 bits per heavy atom. The van der Waals surface area contributed by atoms with Crippen LogP contribution in [0.2, 0.25) is 0 Å². The van der Waals surface area contributed by atoms with Crippen LogP contribution in [0.25, 0.3) is 21.7 Å². The van der Waals surface area contributed by atoms with Gasteiger partial charge in [-0.25, -0.2) is 9.97 Å². The van der Waals surface area contributed by atoms with Crippen molar-refractivity contribution < 1.29 is 0 Å². The average molecular weight is 179 g/mol. The molecule has 0 unspecified atom stereocenters. The quantitative estimate of drug-likeness (QED) is 0.496. The number of nitrogens with zero attached hydrogens (tertiary/aromatic N) is 2. The summed E-state index contributed by atoms with van der Waals surface area (Å²) in [6.45, 7) is 0. The molecule has 1 radical (unpaired) electrons. The summed E-state index contributed by atoms with van der Waals surface area (Å²) in [5.74, 6) is 0. The fourth-order valence-electron chi connectivity index (χ4n) is 1.64. The number of rotatable bonds is 0. The van der Waals surface area contributed by atoms with Gasteiger partial charge in [-0.3, -0.25) is 0 Å². The Balaban J connectivity index is 2.61. The largest absolute Gasteiger partial charge is 0.244 e. The first-order chi connectivity index (χ1) is 6.95. The van der Waals surface area contributed by atoms with Crippen LogP contribution in [-0.4, -0.2) is 9.97 Å². The molecular formula is C12H7N2. The highest BCUT2D eigenvalue weighted by atomic mass is 14.8. The molecule has 0 N–H and O–H groups in total. The maximum Gasteiger partial charge on any atom is 0.116 e.